The van der Waals surface area contributed by atoms with E-state index in [4.69, 9.17) is 9.47 Å². The number of methoxy groups -OCH3 is 2. The number of carboxylic acids is 1. The Bertz CT molecular complexity index is 848. The monoisotopic (exact) mass is 353 g/mol. The fourth-order valence-electron chi connectivity index (χ4n) is 4.57. The molecular weight excluding hydrogens is 330 g/mol. The third-order valence-corrected chi connectivity index (χ3v) is 5.78. The van der Waals surface area contributed by atoms with Crippen LogP contribution in [0.25, 0.3) is 0 Å². The summed E-state index contributed by atoms with van der Waals surface area (Å²) in [4.78, 5) is 11.4. The molecule has 1 aliphatic carbocycles. The van der Waals surface area contributed by atoms with Crippen LogP contribution in [0, 0.1) is 5.92 Å². The predicted molar refractivity (Wildman–Crippen MR) is 99.4 cm³/mol. The Hall–Kier alpha value is -2.69. The number of rotatable bonds is 4. The molecule has 0 saturated heterocycles. The van der Waals surface area contributed by atoms with Gasteiger partial charge in [0.1, 0.15) is 11.5 Å². The SMILES string of the molecule is COc1ccc(OC)c(C2Nc3ccc(C(=O)O)cc3C3CCCC32)c1. The van der Waals surface area contributed by atoms with E-state index in [1.165, 1.54) is 0 Å². The van der Waals surface area contributed by atoms with Crippen molar-refractivity contribution in [3.8, 4) is 11.5 Å². The highest BCUT2D eigenvalue weighted by atomic mass is 16.5. The molecule has 2 aliphatic rings. The smallest absolute Gasteiger partial charge is 0.335 e. The molecule has 0 bridgehead atoms. The summed E-state index contributed by atoms with van der Waals surface area (Å²) in [6.07, 6.45) is 3.35. The van der Waals surface area contributed by atoms with Gasteiger partial charge in [0.25, 0.3) is 0 Å². The van der Waals surface area contributed by atoms with E-state index in [0.717, 1.165) is 47.6 Å². The Labute approximate surface area is 152 Å². The first-order chi connectivity index (χ1) is 12.6. The maximum Gasteiger partial charge on any atom is 0.335 e. The second kappa shape index (κ2) is 6.56. The van der Waals surface area contributed by atoms with Gasteiger partial charge in [-0.3, -0.25) is 0 Å². The average Bonchev–Trinajstić information content (AvgIpc) is 3.16. The molecule has 0 radical (unpaired) electrons. The van der Waals surface area contributed by atoms with Crippen LogP contribution in [0.15, 0.2) is 36.4 Å². The van der Waals surface area contributed by atoms with Gasteiger partial charge in [-0.2, -0.15) is 0 Å². The zero-order valence-electron chi connectivity index (χ0n) is 15.0. The number of benzene rings is 2. The number of carboxylic acid groups (broad SMARTS) is 1. The van der Waals surface area contributed by atoms with E-state index in [0.29, 0.717) is 17.4 Å². The minimum absolute atomic E-state index is 0.121. The first-order valence-corrected chi connectivity index (χ1v) is 8.98. The standard InChI is InChI=1S/C21H23NO4/c1-25-13-7-9-19(26-2)17(11-13)20-15-5-3-4-14(15)16-10-12(21(23)24)6-8-18(16)22-20/h6-11,14-15,20,22H,3-5H2,1-2H3,(H,23,24). The van der Waals surface area contributed by atoms with Gasteiger partial charge in [-0.25, -0.2) is 4.79 Å². The maximum absolute atomic E-state index is 11.4. The van der Waals surface area contributed by atoms with Crippen LogP contribution in [0.1, 0.15) is 52.7 Å². The van der Waals surface area contributed by atoms with Gasteiger partial charge in [-0.05, 0) is 66.6 Å². The third kappa shape index (κ3) is 2.68. The third-order valence-electron chi connectivity index (χ3n) is 5.78. The van der Waals surface area contributed by atoms with Gasteiger partial charge in [-0.1, -0.05) is 6.42 Å². The Morgan fingerprint density at radius 2 is 1.92 bits per heavy atom. The molecule has 1 fully saturated rings. The average molecular weight is 353 g/mol. The topological polar surface area (TPSA) is 67.8 Å². The normalized spacial score (nSPS) is 23.5. The number of aromatic carboxylic acids is 1. The van der Waals surface area contributed by atoms with Gasteiger partial charge in [0.2, 0.25) is 0 Å². The molecule has 0 aromatic heterocycles. The van der Waals surface area contributed by atoms with Crippen molar-refractivity contribution in [3.63, 3.8) is 0 Å². The van der Waals surface area contributed by atoms with Crippen molar-refractivity contribution in [1.82, 2.24) is 0 Å². The largest absolute Gasteiger partial charge is 0.497 e. The maximum atomic E-state index is 11.4. The van der Waals surface area contributed by atoms with E-state index in [1.807, 2.05) is 30.3 Å². The molecule has 1 aliphatic heterocycles. The highest BCUT2D eigenvalue weighted by Gasteiger charge is 2.41. The van der Waals surface area contributed by atoms with Crippen LogP contribution in [0.3, 0.4) is 0 Å². The molecule has 3 unspecified atom stereocenters. The van der Waals surface area contributed by atoms with Crippen LogP contribution in [-0.2, 0) is 0 Å². The zero-order valence-corrected chi connectivity index (χ0v) is 15.0. The number of nitrogens with one attached hydrogen (secondary N) is 1. The molecule has 2 aromatic carbocycles. The molecule has 0 amide bonds. The summed E-state index contributed by atoms with van der Waals surface area (Å²) >= 11 is 0. The summed E-state index contributed by atoms with van der Waals surface area (Å²) in [7, 11) is 3.36. The summed E-state index contributed by atoms with van der Waals surface area (Å²) < 4.78 is 11.0. The first kappa shape index (κ1) is 16.8. The van der Waals surface area contributed by atoms with Crippen molar-refractivity contribution in [2.24, 2.45) is 5.92 Å². The molecule has 136 valence electrons. The first-order valence-electron chi connectivity index (χ1n) is 8.98. The van der Waals surface area contributed by atoms with Crippen molar-refractivity contribution in [2.45, 2.75) is 31.2 Å². The molecule has 2 aromatic rings. The van der Waals surface area contributed by atoms with Crippen LogP contribution in [0.4, 0.5) is 5.69 Å². The number of fused-ring (bicyclic) bond motifs is 3. The minimum Gasteiger partial charge on any atom is -0.497 e. The second-order valence-electron chi connectivity index (χ2n) is 7.04. The summed E-state index contributed by atoms with van der Waals surface area (Å²) in [6, 6.07) is 11.4. The lowest BCUT2D eigenvalue weighted by atomic mass is 9.76. The van der Waals surface area contributed by atoms with Crippen LogP contribution in [0.5, 0.6) is 11.5 Å². The summed E-state index contributed by atoms with van der Waals surface area (Å²) in [5.41, 5.74) is 3.60. The fourth-order valence-corrected chi connectivity index (χ4v) is 4.57. The number of carbonyl (C=O) groups is 1. The van der Waals surface area contributed by atoms with E-state index < -0.39 is 5.97 Å². The molecular formula is C21H23NO4. The predicted octanol–water partition coefficient (Wildman–Crippen LogP) is 4.45. The molecule has 1 heterocycles. The van der Waals surface area contributed by atoms with E-state index in [9.17, 15) is 9.90 Å². The van der Waals surface area contributed by atoms with Gasteiger partial charge in [0, 0.05) is 11.3 Å². The Balaban J connectivity index is 1.79. The van der Waals surface area contributed by atoms with E-state index in [1.54, 1.807) is 20.3 Å². The lowest BCUT2D eigenvalue weighted by Crippen LogP contribution is -2.29. The van der Waals surface area contributed by atoms with Crippen molar-refractivity contribution < 1.29 is 19.4 Å². The highest BCUT2D eigenvalue weighted by molar-refractivity contribution is 5.88. The number of hydrogen-bond donors (Lipinski definition) is 2. The Morgan fingerprint density at radius 3 is 2.65 bits per heavy atom. The van der Waals surface area contributed by atoms with Gasteiger partial charge in [0.05, 0.1) is 25.8 Å². The number of anilines is 1. The van der Waals surface area contributed by atoms with E-state index in [2.05, 4.69) is 5.32 Å². The second-order valence-corrected chi connectivity index (χ2v) is 7.04. The van der Waals surface area contributed by atoms with Crippen LogP contribution in [0.2, 0.25) is 0 Å². The molecule has 3 atom stereocenters. The molecule has 4 rings (SSSR count). The minimum atomic E-state index is -0.876. The number of ether oxygens (including phenoxy) is 2. The highest BCUT2D eigenvalue weighted by Crippen LogP contribution is 2.54. The summed E-state index contributed by atoms with van der Waals surface area (Å²) in [6.45, 7) is 0. The molecule has 26 heavy (non-hydrogen) atoms. The van der Waals surface area contributed by atoms with Gasteiger partial charge in [0.15, 0.2) is 0 Å². The number of hydrogen-bond acceptors (Lipinski definition) is 4. The molecule has 5 nitrogen and oxygen atoms in total. The Kier molecular flexibility index (Phi) is 4.23. The molecule has 5 heteroatoms. The molecule has 1 saturated carbocycles. The van der Waals surface area contributed by atoms with E-state index >= 15 is 0 Å². The van der Waals surface area contributed by atoms with Crippen molar-refractivity contribution in [1.29, 1.82) is 0 Å². The molecule has 0 spiro atoms. The van der Waals surface area contributed by atoms with Crippen LogP contribution >= 0.6 is 0 Å². The van der Waals surface area contributed by atoms with Crippen LogP contribution < -0.4 is 14.8 Å². The molecule has 2 N–H and O–H groups in total. The lowest BCUT2D eigenvalue weighted by molar-refractivity contribution is 0.0696. The van der Waals surface area contributed by atoms with E-state index in [-0.39, 0.29) is 6.04 Å². The Morgan fingerprint density at radius 1 is 1.08 bits per heavy atom. The quantitative estimate of drug-likeness (QED) is 0.850. The van der Waals surface area contributed by atoms with Gasteiger partial charge in [-0.15, -0.1) is 0 Å². The van der Waals surface area contributed by atoms with Crippen molar-refractivity contribution >= 4 is 11.7 Å². The van der Waals surface area contributed by atoms with Gasteiger partial charge < -0.3 is 19.9 Å². The van der Waals surface area contributed by atoms with Crippen molar-refractivity contribution in [2.75, 3.05) is 19.5 Å². The summed E-state index contributed by atoms with van der Waals surface area (Å²) in [5.74, 6) is 1.56. The van der Waals surface area contributed by atoms with Crippen molar-refractivity contribution in [3.05, 3.63) is 53.1 Å². The van der Waals surface area contributed by atoms with Gasteiger partial charge >= 0.3 is 5.97 Å². The lowest BCUT2D eigenvalue weighted by Gasteiger charge is -2.38. The summed E-state index contributed by atoms with van der Waals surface area (Å²) in [5, 5.41) is 13.0. The zero-order chi connectivity index (χ0) is 18.3. The fraction of sp³-hybridized carbons (Fsp3) is 0.381. The van der Waals surface area contributed by atoms with Crippen LogP contribution in [-0.4, -0.2) is 25.3 Å².